The van der Waals surface area contributed by atoms with Crippen LogP contribution in [0, 0.1) is 11.6 Å². The molecule has 1 heterocycles. The summed E-state index contributed by atoms with van der Waals surface area (Å²) in [6, 6.07) is 6.71. The summed E-state index contributed by atoms with van der Waals surface area (Å²) in [5, 5.41) is 9.10. The molecule has 5 nitrogen and oxygen atoms in total. The molecule has 3 rings (SSSR count). The van der Waals surface area contributed by atoms with Crippen LogP contribution in [0.25, 0.3) is 16.6 Å². The lowest BCUT2D eigenvalue weighted by atomic mass is 10.0. The maximum Gasteiger partial charge on any atom is 0.321 e. The van der Waals surface area contributed by atoms with E-state index in [1.807, 2.05) is 11.7 Å². The second-order valence-electron chi connectivity index (χ2n) is 7.65. The van der Waals surface area contributed by atoms with E-state index in [-0.39, 0.29) is 5.56 Å². The minimum absolute atomic E-state index is 0.0392. The molecule has 34 heavy (non-hydrogen) atoms. The van der Waals surface area contributed by atoms with Crippen LogP contribution in [0.4, 0.5) is 17.6 Å². The molecule has 3 aromatic rings. The van der Waals surface area contributed by atoms with Crippen LogP contribution < -0.4 is 10.1 Å². The van der Waals surface area contributed by atoms with Crippen molar-refractivity contribution in [3.8, 4) is 5.75 Å². The molecule has 180 valence electrons. The second-order valence-corrected chi connectivity index (χ2v) is 8.36. The van der Waals surface area contributed by atoms with Gasteiger partial charge in [-0.25, -0.2) is 13.5 Å². The number of fused-ring (bicyclic) bond motifs is 1. The fraction of sp³-hybridized carbons (Fsp3) is 0.250. The Bertz CT molecular complexity index is 1220. The molecule has 0 aliphatic carbocycles. The highest BCUT2D eigenvalue weighted by molar-refractivity contribution is 8.01. The molecule has 1 N–H and O–H groups in total. The molecule has 0 radical (unpaired) electrons. The van der Waals surface area contributed by atoms with Gasteiger partial charge >= 0.3 is 5.92 Å². The molecule has 0 fully saturated rings. The lowest BCUT2D eigenvalue weighted by Gasteiger charge is -2.27. The van der Waals surface area contributed by atoms with Crippen LogP contribution in [0.3, 0.4) is 0 Å². The average Bonchev–Trinajstić information content (AvgIpc) is 3.17. The molecular formula is C24H23F4N3O2S. The minimum Gasteiger partial charge on any atom is -0.484 e. The van der Waals surface area contributed by atoms with Gasteiger partial charge in [0.2, 0.25) is 0 Å². The van der Waals surface area contributed by atoms with E-state index in [1.165, 1.54) is 18.7 Å². The number of nitrogens with one attached hydrogen (secondary N) is 1. The van der Waals surface area contributed by atoms with Gasteiger partial charge in [0.25, 0.3) is 5.91 Å². The summed E-state index contributed by atoms with van der Waals surface area (Å²) in [5.41, 5.74) is 1.56. The first-order valence-corrected chi connectivity index (χ1v) is 11.5. The lowest BCUT2D eigenvalue weighted by molar-refractivity contribution is -0.144. The number of thioether (sulfide) groups is 1. The zero-order valence-corrected chi connectivity index (χ0v) is 19.5. The molecule has 0 unspecified atom stereocenters. The molecule has 0 aliphatic rings. The number of carbonyl (C=O) groups is 1. The Labute approximate surface area is 198 Å². The number of benzene rings is 2. The van der Waals surface area contributed by atoms with Crippen LogP contribution in [-0.4, -0.2) is 33.9 Å². The molecule has 0 aliphatic heterocycles. The molecule has 0 spiro atoms. The quantitative estimate of drug-likeness (QED) is 0.296. The number of hydrogen-bond acceptors (Lipinski definition) is 4. The predicted molar refractivity (Wildman–Crippen MR) is 126 cm³/mol. The molecule has 2 atom stereocenters. The van der Waals surface area contributed by atoms with E-state index in [1.54, 1.807) is 35.2 Å². The van der Waals surface area contributed by atoms with Crippen LogP contribution in [0.5, 0.6) is 5.75 Å². The number of allylic oxidation sites excluding steroid dienone is 2. The summed E-state index contributed by atoms with van der Waals surface area (Å²) in [7, 11) is 0. The van der Waals surface area contributed by atoms with Gasteiger partial charge < -0.3 is 10.1 Å². The van der Waals surface area contributed by atoms with Crippen molar-refractivity contribution in [2.24, 2.45) is 0 Å². The maximum atomic E-state index is 13.9. The van der Waals surface area contributed by atoms with Gasteiger partial charge in [0.05, 0.1) is 23.5 Å². The number of alkyl halides is 2. The molecule has 0 saturated heterocycles. The SMILES string of the molecule is C=C/C(=C\SC)n1ncc2cc(O[C@H](c3cc(F)cc(F)c3)[C@H](C)NC(=O)C(C)(F)F)ccc21. The molecule has 0 saturated carbocycles. The van der Waals surface area contributed by atoms with Crippen molar-refractivity contribution in [2.75, 3.05) is 6.26 Å². The number of nitrogens with zero attached hydrogens (tertiary/aromatic N) is 2. The van der Waals surface area contributed by atoms with E-state index in [9.17, 15) is 22.4 Å². The highest BCUT2D eigenvalue weighted by atomic mass is 32.2. The fourth-order valence-corrected chi connectivity index (χ4v) is 3.79. The molecule has 0 bridgehead atoms. The minimum atomic E-state index is -3.63. The zero-order chi connectivity index (χ0) is 25.0. The fourth-order valence-electron chi connectivity index (χ4n) is 3.35. The van der Waals surface area contributed by atoms with Crippen molar-refractivity contribution < 1.29 is 27.1 Å². The summed E-state index contributed by atoms with van der Waals surface area (Å²) >= 11 is 1.49. The van der Waals surface area contributed by atoms with Crippen LogP contribution in [0.15, 0.2) is 60.7 Å². The normalized spacial score (nSPS) is 14.0. The molecule has 1 amide bonds. The first-order chi connectivity index (χ1) is 16.0. The van der Waals surface area contributed by atoms with Crippen molar-refractivity contribution in [3.63, 3.8) is 0 Å². The van der Waals surface area contributed by atoms with Crippen LogP contribution in [0.2, 0.25) is 0 Å². The topological polar surface area (TPSA) is 56.1 Å². The Kier molecular flexibility index (Phi) is 7.71. The van der Waals surface area contributed by atoms with E-state index >= 15 is 0 Å². The average molecular weight is 494 g/mol. The number of ether oxygens (including phenoxy) is 1. The number of aromatic nitrogens is 2. The first kappa shape index (κ1) is 25.4. The molecule has 10 heteroatoms. The van der Waals surface area contributed by atoms with Crippen molar-refractivity contribution in [3.05, 3.63) is 77.9 Å². The number of hydrogen-bond donors (Lipinski definition) is 1. The lowest BCUT2D eigenvalue weighted by Crippen LogP contribution is -2.46. The van der Waals surface area contributed by atoms with Gasteiger partial charge in [-0.1, -0.05) is 6.58 Å². The standard InChI is InChI=1S/C24H23F4N3O2S/c1-5-19(13-34-4)31-21-7-6-20(10-16(21)12-29-31)33-22(14(2)30-23(32)24(3,27)28)15-8-17(25)11-18(26)9-15/h5-14,22H,1H2,2-4H3,(H,30,32)/b19-13+/t14-,22-/m0/s1. The third kappa shape index (κ3) is 5.80. The summed E-state index contributed by atoms with van der Waals surface area (Å²) in [6.07, 6.45) is 4.02. The van der Waals surface area contributed by atoms with E-state index in [0.717, 1.165) is 23.3 Å². The summed E-state index contributed by atoms with van der Waals surface area (Å²) in [5.74, 6) is -6.60. The highest BCUT2D eigenvalue weighted by Crippen LogP contribution is 2.30. The molecular weight excluding hydrogens is 470 g/mol. The van der Waals surface area contributed by atoms with Gasteiger partial charge in [0.15, 0.2) is 0 Å². The first-order valence-electron chi connectivity index (χ1n) is 10.2. The van der Waals surface area contributed by atoms with Gasteiger partial charge in [0.1, 0.15) is 23.5 Å². The van der Waals surface area contributed by atoms with Crippen LogP contribution in [0.1, 0.15) is 25.5 Å². The monoisotopic (exact) mass is 493 g/mol. The van der Waals surface area contributed by atoms with E-state index < -0.39 is 35.6 Å². The Morgan fingerprint density at radius 2 is 1.91 bits per heavy atom. The number of halogens is 4. The zero-order valence-electron chi connectivity index (χ0n) is 18.7. The Balaban J connectivity index is 1.97. The number of carbonyl (C=O) groups excluding carboxylic acids is 1. The highest BCUT2D eigenvalue weighted by Gasteiger charge is 2.35. The van der Waals surface area contributed by atoms with Crippen molar-refractivity contribution in [2.45, 2.75) is 31.9 Å². The van der Waals surface area contributed by atoms with Gasteiger partial charge in [-0.05, 0) is 55.0 Å². The maximum absolute atomic E-state index is 13.9. The van der Waals surface area contributed by atoms with Crippen molar-refractivity contribution in [1.29, 1.82) is 0 Å². The summed E-state index contributed by atoms with van der Waals surface area (Å²) in [4.78, 5) is 11.8. The number of amides is 1. The van der Waals surface area contributed by atoms with Gasteiger partial charge in [0, 0.05) is 23.9 Å². The smallest absolute Gasteiger partial charge is 0.321 e. The van der Waals surface area contributed by atoms with Crippen LogP contribution in [-0.2, 0) is 4.79 Å². The Hall–Kier alpha value is -3.27. The predicted octanol–water partition coefficient (Wildman–Crippen LogP) is 5.94. The van der Waals surface area contributed by atoms with Gasteiger partial charge in [-0.3, -0.25) is 4.79 Å². The van der Waals surface area contributed by atoms with Crippen LogP contribution >= 0.6 is 11.8 Å². The second kappa shape index (κ2) is 10.3. The van der Waals surface area contributed by atoms with E-state index in [4.69, 9.17) is 4.74 Å². The van der Waals surface area contributed by atoms with Crippen molar-refractivity contribution in [1.82, 2.24) is 15.1 Å². The van der Waals surface area contributed by atoms with Crippen molar-refractivity contribution >= 4 is 34.3 Å². The van der Waals surface area contributed by atoms with E-state index in [0.29, 0.717) is 24.1 Å². The van der Waals surface area contributed by atoms with E-state index in [2.05, 4.69) is 17.0 Å². The van der Waals surface area contributed by atoms with Gasteiger partial charge in [-0.2, -0.15) is 13.9 Å². The Morgan fingerprint density at radius 3 is 2.50 bits per heavy atom. The third-order valence-corrected chi connectivity index (χ3v) is 5.40. The number of rotatable bonds is 9. The summed E-state index contributed by atoms with van der Waals surface area (Å²) < 4.78 is 62.3. The largest absolute Gasteiger partial charge is 0.484 e. The Morgan fingerprint density at radius 1 is 1.24 bits per heavy atom. The third-order valence-electron chi connectivity index (χ3n) is 4.92. The molecule has 1 aromatic heterocycles. The summed E-state index contributed by atoms with van der Waals surface area (Å²) in [6.45, 7) is 5.66. The van der Waals surface area contributed by atoms with Gasteiger partial charge in [-0.15, -0.1) is 11.8 Å². The molecule has 2 aromatic carbocycles.